The highest BCUT2D eigenvalue weighted by Crippen LogP contribution is 2.37. The van der Waals surface area contributed by atoms with Crippen molar-refractivity contribution >= 4 is 40.9 Å². The Hall–Kier alpha value is -1.98. The van der Waals surface area contributed by atoms with Crippen molar-refractivity contribution in [3.63, 3.8) is 0 Å². The van der Waals surface area contributed by atoms with Crippen LogP contribution in [0, 0.1) is 0 Å². The Bertz CT molecular complexity index is 794. The predicted octanol–water partition coefficient (Wildman–Crippen LogP) is 4.34. The van der Waals surface area contributed by atoms with Gasteiger partial charge >= 0.3 is 5.97 Å². The molecule has 6 heteroatoms. The van der Waals surface area contributed by atoms with Crippen molar-refractivity contribution < 1.29 is 14.3 Å². The van der Waals surface area contributed by atoms with Crippen molar-refractivity contribution in [1.82, 2.24) is 0 Å². The van der Waals surface area contributed by atoms with E-state index in [2.05, 4.69) is 6.92 Å². The average Bonchev–Trinajstić information content (AvgIpc) is 2.80. The molecule has 3 rings (SSSR count). The van der Waals surface area contributed by atoms with Gasteiger partial charge in [-0.15, -0.1) is 11.8 Å². The molecule has 0 fully saturated rings. The van der Waals surface area contributed by atoms with Gasteiger partial charge in [0.25, 0.3) is 5.91 Å². The minimum Gasteiger partial charge on any atom is -0.455 e. The number of hydrogen-bond donors (Lipinski definition) is 0. The third-order valence-corrected chi connectivity index (χ3v) is 5.65. The van der Waals surface area contributed by atoms with Crippen molar-refractivity contribution in [3.05, 3.63) is 59.1 Å². The van der Waals surface area contributed by atoms with E-state index >= 15 is 0 Å². The summed E-state index contributed by atoms with van der Waals surface area (Å²) < 4.78 is 5.20. The van der Waals surface area contributed by atoms with Gasteiger partial charge in [-0.3, -0.25) is 9.59 Å². The zero-order valence-corrected chi connectivity index (χ0v) is 16.1. The first kappa shape index (κ1) is 18.8. The number of ether oxygens (including phenoxy) is 1. The molecule has 0 unspecified atom stereocenters. The molecule has 1 aliphatic rings. The Morgan fingerprint density at radius 1 is 1.19 bits per heavy atom. The highest BCUT2D eigenvalue weighted by Gasteiger charge is 2.24. The minimum absolute atomic E-state index is 0.119. The van der Waals surface area contributed by atoms with Crippen LogP contribution in [0.4, 0.5) is 5.69 Å². The molecule has 136 valence electrons. The quantitative estimate of drug-likeness (QED) is 0.729. The predicted molar refractivity (Wildman–Crippen MR) is 105 cm³/mol. The Balaban J connectivity index is 1.61. The third-order valence-electron chi connectivity index (χ3n) is 4.16. The zero-order chi connectivity index (χ0) is 18.5. The number of carbonyl (C=O) groups excluding carboxylic acids is 2. The van der Waals surface area contributed by atoms with E-state index in [0.29, 0.717) is 16.8 Å². The van der Waals surface area contributed by atoms with Crippen LogP contribution < -0.4 is 4.90 Å². The number of rotatable bonds is 4. The standard InChI is InChI=1S/C20H20ClNO3S/c1-14-10-11-22(17-4-2-3-5-18(17)26-14)19(23)13-25-20(24)12-15-6-8-16(21)9-7-15/h2-9,14H,10-13H2,1H3/t14-/m0/s1. The summed E-state index contributed by atoms with van der Waals surface area (Å²) in [5.41, 5.74) is 1.69. The van der Waals surface area contributed by atoms with E-state index in [1.165, 1.54) is 0 Å². The molecular weight excluding hydrogens is 370 g/mol. The Morgan fingerprint density at radius 2 is 1.92 bits per heavy atom. The van der Waals surface area contributed by atoms with Crippen LogP contribution in [0.1, 0.15) is 18.9 Å². The summed E-state index contributed by atoms with van der Waals surface area (Å²) in [4.78, 5) is 27.5. The average molecular weight is 390 g/mol. The number of para-hydroxylation sites is 1. The monoisotopic (exact) mass is 389 g/mol. The minimum atomic E-state index is -0.425. The Morgan fingerprint density at radius 3 is 2.69 bits per heavy atom. The van der Waals surface area contributed by atoms with Gasteiger partial charge in [0.15, 0.2) is 6.61 Å². The summed E-state index contributed by atoms with van der Waals surface area (Å²) in [7, 11) is 0. The summed E-state index contributed by atoms with van der Waals surface area (Å²) in [6.45, 7) is 2.53. The zero-order valence-electron chi connectivity index (χ0n) is 14.5. The largest absolute Gasteiger partial charge is 0.455 e. The lowest BCUT2D eigenvalue weighted by atomic mass is 10.1. The summed E-state index contributed by atoms with van der Waals surface area (Å²) in [5.74, 6) is -0.622. The number of fused-ring (bicyclic) bond motifs is 1. The molecule has 2 aromatic rings. The van der Waals surface area contributed by atoms with Gasteiger partial charge in [-0.1, -0.05) is 42.8 Å². The molecule has 0 saturated heterocycles. The lowest BCUT2D eigenvalue weighted by molar-refractivity contribution is -0.147. The molecule has 26 heavy (non-hydrogen) atoms. The van der Waals surface area contributed by atoms with E-state index < -0.39 is 5.97 Å². The second-order valence-corrected chi connectivity index (χ2v) is 8.11. The molecule has 0 radical (unpaired) electrons. The molecule has 1 amide bonds. The molecule has 0 aliphatic carbocycles. The molecule has 0 bridgehead atoms. The number of hydrogen-bond acceptors (Lipinski definition) is 4. The Labute approximate surface area is 162 Å². The van der Waals surface area contributed by atoms with Crippen LogP contribution in [0.5, 0.6) is 0 Å². The number of carbonyl (C=O) groups is 2. The maximum absolute atomic E-state index is 12.6. The number of halogens is 1. The van der Waals surface area contributed by atoms with E-state index in [-0.39, 0.29) is 18.9 Å². The fourth-order valence-corrected chi connectivity index (χ4v) is 4.02. The van der Waals surface area contributed by atoms with E-state index in [0.717, 1.165) is 22.6 Å². The highest BCUT2D eigenvalue weighted by atomic mass is 35.5. The first-order valence-electron chi connectivity index (χ1n) is 8.49. The van der Waals surface area contributed by atoms with Crippen LogP contribution in [-0.2, 0) is 20.7 Å². The maximum Gasteiger partial charge on any atom is 0.310 e. The molecule has 1 heterocycles. The van der Waals surface area contributed by atoms with E-state index in [9.17, 15) is 9.59 Å². The van der Waals surface area contributed by atoms with Crippen LogP contribution >= 0.6 is 23.4 Å². The van der Waals surface area contributed by atoms with E-state index in [1.54, 1.807) is 40.9 Å². The van der Waals surface area contributed by atoms with Crippen LogP contribution in [0.3, 0.4) is 0 Å². The van der Waals surface area contributed by atoms with Crippen molar-refractivity contribution in [2.45, 2.75) is 29.9 Å². The van der Waals surface area contributed by atoms with Gasteiger partial charge in [0.05, 0.1) is 12.1 Å². The van der Waals surface area contributed by atoms with Gasteiger partial charge in [-0.25, -0.2) is 0 Å². The smallest absolute Gasteiger partial charge is 0.310 e. The van der Waals surface area contributed by atoms with Crippen LogP contribution in [0.2, 0.25) is 5.02 Å². The van der Waals surface area contributed by atoms with E-state index in [1.807, 2.05) is 24.3 Å². The normalized spacial score (nSPS) is 16.5. The molecule has 0 aromatic heterocycles. The Kier molecular flexibility index (Phi) is 6.22. The van der Waals surface area contributed by atoms with Gasteiger partial charge in [0.1, 0.15) is 0 Å². The van der Waals surface area contributed by atoms with E-state index in [4.69, 9.17) is 16.3 Å². The third kappa shape index (κ3) is 4.80. The van der Waals surface area contributed by atoms with Crippen LogP contribution in [-0.4, -0.2) is 30.3 Å². The first-order valence-corrected chi connectivity index (χ1v) is 9.75. The summed E-state index contributed by atoms with van der Waals surface area (Å²) in [6, 6.07) is 14.8. The fraction of sp³-hybridized carbons (Fsp3) is 0.300. The van der Waals surface area contributed by atoms with Crippen molar-refractivity contribution in [2.24, 2.45) is 0 Å². The number of nitrogens with zero attached hydrogens (tertiary/aromatic N) is 1. The molecule has 2 aromatic carbocycles. The summed E-state index contributed by atoms with van der Waals surface area (Å²) in [6.07, 6.45) is 1.01. The molecule has 0 N–H and O–H groups in total. The number of anilines is 1. The maximum atomic E-state index is 12.6. The highest BCUT2D eigenvalue weighted by molar-refractivity contribution is 8.00. The van der Waals surface area contributed by atoms with Crippen LogP contribution in [0.25, 0.3) is 0 Å². The second kappa shape index (κ2) is 8.60. The van der Waals surface area contributed by atoms with Gasteiger partial charge in [-0.2, -0.15) is 0 Å². The SMILES string of the molecule is C[C@H]1CCN(C(=O)COC(=O)Cc2ccc(Cl)cc2)c2ccccc2S1. The molecule has 0 spiro atoms. The fourth-order valence-electron chi connectivity index (χ4n) is 2.79. The lowest BCUT2D eigenvalue weighted by Crippen LogP contribution is -2.36. The van der Waals surface area contributed by atoms with Gasteiger partial charge in [0, 0.05) is 21.7 Å². The van der Waals surface area contributed by atoms with Crippen molar-refractivity contribution in [1.29, 1.82) is 0 Å². The summed E-state index contributed by atoms with van der Waals surface area (Å²) in [5, 5.41) is 1.05. The first-order chi connectivity index (χ1) is 12.5. The number of esters is 1. The van der Waals surface area contributed by atoms with Crippen molar-refractivity contribution in [2.75, 3.05) is 18.1 Å². The topological polar surface area (TPSA) is 46.6 Å². The van der Waals surface area contributed by atoms with Crippen LogP contribution in [0.15, 0.2) is 53.4 Å². The van der Waals surface area contributed by atoms with Gasteiger partial charge in [-0.05, 0) is 36.2 Å². The van der Waals surface area contributed by atoms with Gasteiger partial charge in [0.2, 0.25) is 0 Å². The molecule has 0 saturated carbocycles. The lowest BCUT2D eigenvalue weighted by Gasteiger charge is -2.22. The molecule has 1 aliphatic heterocycles. The molecule has 4 nitrogen and oxygen atoms in total. The van der Waals surface area contributed by atoms with Gasteiger partial charge < -0.3 is 9.64 Å². The number of benzene rings is 2. The number of amides is 1. The van der Waals surface area contributed by atoms with Crippen molar-refractivity contribution in [3.8, 4) is 0 Å². The molecular formula is C20H20ClNO3S. The molecule has 1 atom stereocenters. The second-order valence-electron chi connectivity index (χ2n) is 6.19. The number of thioether (sulfide) groups is 1. The summed E-state index contributed by atoms with van der Waals surface area (Å²) >= 11 is 7.60.